The topological polar surface area (TPSA) is 34.9 Å². The van der Waals surface area contributed by atoms with Crippen LogP contribution in [0.3, 0.4) is 0 Å². The third-order valence-electron chi connectivity index (χ3n) is 3.45. The van der Waals surface area contributed by atoms with Crippen LogP contribution in [0.1, 0.15) is 16.0 Å². The zero-order valence-corrected chi connectivity index (χ0v) is 12.8. The van der Waals surface area contributed by atoms with Crippen molar-refractivity contribution in [2.75, 3.05) is 0 Å². The molecule has 0 fully saturated rings. The summed E-state index contributed by atoms with van der Waals surface area (Å²) in [5.41, 5.74) is 1.94. The van der Waals surface area contributed by atoms with Gasteiger partial charge in [0.25, 0.3) is 5.56 Å². The van der Waals surface area contributed by atoms with Gasteiger partial charge >= 0.3 is 0 Å². The second kappa shape index (κ2) is 5.04. The van der Waals surface area contributed by atoms with Crippen LogP contribution in [-0.2, 0) is 6.54 Å². The van der Waals surface area contributed by atoms with E-state index < -0.39 is 0 Å². The Hall–Kier alpha value is -1.65. The van der Waals surface area contributed by atoms with Crippen molar-refractivity contribution < 1.29 is 0 Å². The minimum atomic E-state index is -0.00299. The molecule has 3 nitrogen and oxygen atoms in total. The number of thiophene rings is 1. The van der Waals surface area contributed by atoms with E-state index in [9.17, 15) is 4.79 Å². The number of nitrogens with zero attached hydrogens (tertiary/aromatic N) is 2. The van der Waals surface area contributed by atoms with E-state index in [4.69, 9.17) is 11.6 Å². The summed E-state index contributed by atoms with van der Waals surface area (Å²) < 4.78 is 1.61. The Balaban J connectivity index is 2.14. The SMILES string of the molecule is Cc1sc2ncn(Cc3ccccc3Cl)c(=O)c2c1C. The maximum absolute atomic E-state index is 12.6. The van der Waals surface area contributed by atoms with Crippen LogP contribution in [0.15, 0.2) is 35.4 Å². The zero-order chi connectivity index (χ0) is 14.3. The first-order valence-electron chi connectivity index (χ1n) is 6.26. The van der Waals surface area contributed by atoms with Crippen LogP contribution >= 0.6 is 22.9 Å². The molecule has 0 aliphatic rings. The van der Waals surface area contributed by atoms with Crippen LogP contribution in [0.5, 0.6) is 0 Å². The molecule has 0 radical (unpaired) electrons. The Morgan fingerprint density at radius 2 is 2.05 bits per heavy atom. The molecule has 20 heavy (non-hydrogen) atoms. The van der Waals surface area contributed by atoms with Crippen LogP contribution in [0.25, 0.3) is 10.2 Å². The molecule has 0 bridgehead atoms. The molecule has 0 spiro atoms. The van der Waals surface area contributed by atoms with Gasteiger partial charge in [-0.2, -0.15) is 0 Å². The minimum absolute atomic E-state index is 0.00299. The first kappa shape index (κ1) is 13.3. The number of rotatable bonds is 2. The Labute approximate surface area is 125 Å². The van der Waals surface area contributed by atoms with Crippen molar-refractivity contribution in [1.82, 2.24) is 9.55 Å². The molecule has 0 saturated carbocycles. The van der Waals surface area contributed by atoms with Crippen LogP contribution in [0, 0.1) is 13.8 Å². The maximum atomic E-state index is 12.6. The third-order valence-corrected chi connectivity index (χ3v) is 4.94. The number of fused-ring (bicyclic) bond motifs is 1. The summed E-state index contributed by atoms with van der Waals surface area (Å²) in [6.45, 7) is 4.42. The molecule has 102 valence electrons. The fourth-order valence-corrected chi connectivity index (χ4v) is 3.38. The molecule has 0 aliphatic carbocycles. The highest BCUT2D eigenvalue weighted by Crippen LogP contribution is 2.25. The summed E-state index contributed by atoms with van der Waals surface area (Å²) in [7, 11) is 0. The van der Waals surface area contributed by atoms with Gasteiger partial charge in [0.05, 0.1) is 18.3 Å². The standard InChI is InChI=1S/C15H13ClN2OS/c1-9-10(2)20-14-13(9)15(19)18(8-17-14)7-11-5-3-4-6-12(11)16/h3-6,8H,7H2,1-2H3. The van der Waals surface area contributed by atoms with Crippen LogP contribution in [-0.4, -0.2) is 9.55 Å². The van der Waals surface area contributed by atoms with Gasteiger partial charge in [0.15, 0.2) is 0 Å². The van der Waals surface area contributed by atoms with E-state index >= 15 is 0 Å². The molecular formula is C15H13ClN2OS. The molecule has 0 atom stereocenters. The highest BCUT2D eigenvalue weighted by Gasteiger charge is 2.12. The summed E-state index contributed by atoms with van der Waals surface area (Å²) in [6, 6.07) is 7.54. The van der Waals surface area contributed by atoms with E-state index in [0.717, 1.165) is 26.2 Å². The highest BCUT2D eigenvalue weighted by atomic mass is 35.5. The molecule has 3 aromatic rings. The number of halogens is 1. The predicted molar refractivity (Wildman–Crippen MR) is 83.9 cm³/mol. The molecule has 0 N–H and O–H groups in total. The van der Waals surface area contributed by atoms with E-state index in [-0.39, 0.29) is 5.56 Å². The Kier molecular flexibility index (Phi) is 3.36. The van der Waals surface area contributed by atoms with Crippen LogP contribution in [0.4, 0.5) is 0 Å². The van der Waals surface area contributed by atoms with Crippen molar-refractivity contribution in [2.24, 2.45) is 0 Å². The molecule has 0 aliphatic heterocycles. The molecule has 5 heteroatoms. The van der Waals surface area contributed by atoms with Crippen molar-refractivity contribution in [2.45, 2.75) is 20.4 Å². The summed E-state index contributed by atoms with van der Waals surface area (Å²) in [5, 5.41) is 1.39. The number of aryl methyl sites for hydroxylation is 2. The van der Waals surface area contributed by atoms with Gasteiger partial charge < -0.3 is 0 Å². The van der Waals surface area contributed by atoms with Crippen molar-refractivity contribution >= 4 is 33.2 Å². The molecule has 2 aromatic heterocycles. The highest BCUT2D eigenvalue weighted by molar-refractivity contribution is 7.18. The van der Waals surface area contributed by atoms with E-state index in [1.54, 1.807) is 22.2 Å². The van der Waals surface area contributed by atoms with Gasteiger partial charge in [-0.15, -0.1) is 11.3 Å². The molecular weight excluding hydrogens is 292 g/mol. The Morgan fingerprint density at radius 3 is 2.80 bits per heavy atom. The summed E-state index contributed by atoms with van der Waals surface area (Å²) >= 11 is 7.71. The molecule has 0 saturated heterocycles. The van der Waals surface area contributed by atoms with E-state index in [1.807, 2.05) is 38.1 Å². The molecule has 2 heterocycles. The van der Waals surface area contributed by atoms with Gasteiger partial charge in [0, 0.05) is 9.90 Å². The summed E-state index contributed by atoms with van der Waals surface area (Å²) in [4.78, 5) is 18.9. The Morgan fingerprint density at radius 1 is 1.30 bits per heavy atom. The van der Waals surface area contributed by atoms with Crippen molar-refractivity contribution in [3.8, 4) is 0 Å². The largest absolute Gasteiger partial charge is 0.294 e. The fourth-order valence-electron chi connectivity index (χ4n) is 2.19. The van der Waals surface area contributed by atoms with Crippen molar-refractivity contribution in [3.05, 3.63) is 62.0 Å². The van der Waals surface area contributed by atoms with Gasteiger partial charge in [-0.25, -0.2) is 4.98 Å². The van der Waals surface area contributed by atoms with Gasteiger partial charge in [0.2, 0.25) is 0 Å². The number of hydrogen-bond donors (Lipinski definition) is 0. The second-order valence-electron chi connectivity index (χ2n) is 4.73. The van der Waals surface area contributed by atoms with Crippen molar-refractivity contribution in [1.29, 1.82) is 0 Å². The summed E-state index contributed by atoms with van der Waals surface area (Å²) in [6.07, 6.45) is 1.60. The van der Waals surface area contributed by atoms with Crippen LogP contribution in [0.2, 0.25) is 5.02 Å². The molecule has 0 unspecified atom stereocenters. The average Bonchev–Trinajstić information content (AvgIpc) is 2.72. The lowest BCUT2D eigenvalue weighted by Gasteiger charge is -2.07. The monoisotopic (exact) mass is 304 g/mol. The van der Waals surface area contributed by atoms with Gasteiger partial charge in [-0.1, -0.05) is 29.8 Å². The lowest BCUT2D eigenvalue weighted by atomic mass is 10.2. The molecule has 3 rings (SSSR count). The number of hydrogen-bond acceptors (Lipinski definition) is 3. The minimum Gasteiger partial charge on any atom is -0.294 e. The zero-order valence-electron chi connectivity index (χ0n) is 11.2. The maximum Gasteiger partial charge on any atom is 0.262 e. The normalized spacial score (nSPS) is 11.2. The number of benzene rings is 1. The Bertz CT molecular complexity index is 851. The lowest BCUT2D eigenvalue weighted by molar-refractivity contribution is 0.749. The van der Waals surface area contributed by atoms with Gasteiger partial charge in [-0.3, -0.25) is 9.36 Å². The lowest BCUT2D eigenvalue weighted by Crippen LogP contribution is -2.21. The summed E-state index contributed by atoms with van der Waals surface area (Å²) in [5.74, 6) is 0. The van der Waals surface area contributed by atoms with Crippen molar-refractivity contribution in [3.63, 3.8) is 0 Å². The molecule has 1 aromatic carbocycles. The first-order valence-corrected chi connectivity index (χ1v) is 7.46. The van der Waals surface area contributed by atoms with E-state index in [1.165, 1.54) is 0 Å². The smallest absolute Gasteiger partial charge is 0.262 e. The quantitative estimate of drug-likeness (QED) is 0.722. The van der Waals surface area contributed by atoms with Crippen LogP contribution < -0.4 is 5.56 Å². The predicted octanol–water partition coefficient (Wildman–Crippen LogP) is 3.78. The fraction of sp³-hybridized carbons (Fsp3) is 0.200. The van der Waals surface area contributed by atoms with E-state index in [2.05, 4.69) is 4.98 Å². The first-order chi connectivity index (χ1) is 9.58. The van der Waals surface area contributed by atoms with Gasteiger partial charge in [-0.05, 0) is 31.0 Å². The molecule has 0 amide bonds. The van der Waals surface area contributed by atoms with Gasteiger partial charge in [0.1, 0.15) is 4.83 Å². The van der Waals surface area contributed by atoms with E-state index in [0.29, 0.717) is 11.6 Å². The second-order valence-corrected chi connectivity index (χ2v) is 6.34. The average molecular weight is 305 g/mol. The number of aromatic nitrogens is 2. The third kappa shape index (κ3) is 2.15.